The smallest absolute Gasteiger partial charge is 0.337 e. The number of methoxy groups -OCH3 is 1. The number of benzene rings is 1. The van der Waals surface area contributed by atoms with E-state index in [0.717, 1.165) is 11.9 Å². The predicted molar refractivity (Wildman–Crippen MR) is 97.8 cm³/mol. The van der Waals surface area contributed by atoms with Gasteiger partial charge in [0.15, 0.2) is 11.9 Å². The lowest BCUT2D eigenvalue weighted by Gasteiger charge is -2.27. The minimum absolute atomic E-state index is 0.0526. The maximum atomic E-state index is 11.9. The highest BCUT2D eigenvalue weighted by Gasteiger charge is 2.23. The molecule has 1 atom stereocenters. The van der Waals surface area contributed by atoms with Gasteiger partial charge in [-0.15, -0.1) is 0 Å². The average Bonchev–Trinajstić information content (AvgIpc) is 3.24. The van der Waals surface area contributed by atoms with Crippen molar-refractivity contribution in [2.24, 2.45) is 0 Å². The molecule has 4 rings (SSSR count). The van der Waals surface area contributed by atoms with Crippen LogP contribution in [0.5, 0.6) is 0 Å². The minimum atomic E-state index is -0.433. The number of fused-ring (bicyclic) bond motifs is 1. The van der Waals surface area contributed by atoms with Crippen molar-refractivity contribution < 1.29 is 23.9 Å². The molecule has 0 saturated carbocycles. The molecular weight excluding hydrogens is 362 g/mol. The maximum absolute atomic E-state index is 11.9. The highest BCUT2D eigenvalue weighted by molar-refractivity contribution is 5.93. The molecule has 1 aliphatic rings. The molecule has 28 heavy (non-hydrogen) atoms. The summed E-state index contributed by atoms with van der Waals surface area (Å²) in [6.45, 7) is 1.46. The number of aromatic nitrogens is 3. The van der Waals surface area contributed by atoms with E-state index in [4.69, 9.17) is 9.47 Å². The van der Waals surface area contributed by atoms with Crippen molar-refractivity contribution in [3.8, 4) is 0 Å². The van der Waals surface area contributed by atoms with Crippen molar-refractivity contribution in [2.75, 3.05) is 13.7 Å². The minimum Gasteiger partial charge on any atom is -0.465 e. The van der Waals surface area contributed by atoms with Crippen LogP contribution in [-0.2, 0) is 32.2 Å². The van der Waals surface area contributed by atoms with E-state index in [2.05, 4.69) is 4.98 Å². The Balaban J connectivity index is 1.86. The van der Waals surface area contributed by atoms with Crippen molar-refractivity contribution >= 4 is 28.9 Å². The van der Waals surface area contributed by atoms with Crippen LogP contribution in [-0.4, -0.2) is 51.8 Å². The molecule has 0 unspecified atom stereocenters. The van der Waals surface area contributed by atoms with Crippen molar-refractivity contribution in [1.82, 2.24) is 14.1 Å². The SMILES string of the molecule is COC(=O)c1ccc2nc(Cn3c(=C=O)ccc3=C=O)n(C[C@@H]3CCO3)c2c1. The fraction of sp³-hybridized carbons (Fsp3) is 0.300. The highest BCUT2D eigenvalue weighted by atomic mass is 16.5. The summed E-state index contributed by atoms with van der Waals surface area (Å²) < 4.78 is 13.8. The molecule has 0 amide bonds. The molecule has 0 spiro atoms. The number of rotatable bonds is 5. The van der Waals surface area contributed by atoms with E-state index in [1.165, 1.54) is 23.8 Å². The van der Waals surface area contributed by atoms with Crippen LogP contribution < -0.4 is 10.7 Å². The first-order chi connectivity index (χ1) is 13.6. The van der Waals surface area contributed by atoms with Gasteiger partial charge in [0.05, 0.1) is 42.9 Å². The third-order valence-corrected chi connectivity index (χ3v) is 4.92. The van der Waals surface area contributed by atoms with E-state index < -0.39 is 5.97 Å². The molecule has 0 aliphatic carbocycles. The number of hydrogen-bond acceptors (Lipinski definition) is 6. The Bertz CT molecular complexity index is 1190. The molecule has 0 N–H and O–H groups in total. The van der Waals surface area contributed by atoms with E-state index in [9.17, 15) is 14.4 Å². The average molecular weight is 379 g/mol. The summed E-state index contributed by atoms with van der Waals surface area (Å²) >= 11 is 0. The van der Waals surface area contributed by atoms with Gasteiger partial charge in [0.25, 0.3) is 0 Å². The molecule has 1 aromatic carbocycles. The number of imidazole rings is 1. The maximum Gasteiger partial charge on any atom is 0.337 e. The van der Waals surface area contributed by atoms with Crippen LogP contribution in [0.2, 0.25) is 0 Å². The number of nitrogens with zero attached hydrogens (tertiary/aromatic N) is 3. The predicted octanol–water partition coefficient (Wildman–Crippen LogP) is -0.532. The normalized spacial score (nSPS) is 15.7. The Morgan fingerprint density at radius 1 is 1.21 bits per heavy atom. The lowest BCUT2D eigenvalue weighted by Crippen LogP contribution is -2.33. The summed E-state index contributed by atoms with van der Waals surface area (Å²) in [6.07, 6.45) is 0.983. The fourth-order valence-corrected chi connectivity index (χ4v) is 3.33. The summed E-state index contributed by atoms with van der Waals surface area (Å²) in [7, 11) is 1.33. The third kappa shape index (κ3) is 3.06. The van der Waals surface area contributed by atoms with Gasteiger partial charge in [-0.05, 0) is 36.8 Å². The van der Waals surface area contributed by atoms with Gasteiger partial charge in [0.2, 0.25) is 0 Å². The Morgan fingerprint density at radius 3 is 2.50 bits per heavy atom. The van der Waals surface area contributed by atoms with Crippen molar-refractivity contribution in [3.05, 3.63) is 52.4 Å². The van der Waals surface area contributed by atoms with Crippen molar-refractivity contribution in [2.45, 2.75) is 25.6 Å². The van der Waals surface area contributed by atoms with Gasteiger partial charge in [-0.2, -0.15) is 0 Å². The zero-order chi connectivity index (χ0) is 19.7. The van der Waals surface area contributed by atoms with Gasteiger partial charge in [-0.3, -0.25) is 0 Å². The lowest BCUT2D eigenvalue weighted by molar-refractivity contribution is -0.0590. The summed E-state index contributed by atoms with van der Waals surface area (Å²) in [5, 5.41) is 0.485. The van der Waals surface area contributed by atoms with Gasteiger partial charge in [0.1, 0.15) is 16.5 Å². The van der Waals surface area contributed by atoms with Crippen LogP contribution >= 0.6 is 0 Å². The third-order valence-electron chi connectivity index (χ3n) is 4.92. The molecule has 2 aromatic heterocycles. The molecule has 142 valence electrons. The van der Waals surface area contributed by atoms with Crippen LogP contribution in [0.1, 0.15) is 22.6 Å². The largest absolute Gasteiger partial charge is 0.465 e. The van der Waals surface area contributed by atoms with E-state index in [-0.39, 0.29) is 23.3 Å². The van der Waals surface area contributed by atoms with Crippen LogP contribution in [0, 0.1) is 0 Å². The molecule has 1 fully saturated rings. The second-order valence-electron chi connectivity index (χ2n) is 6.51. The Morgan fingerprint density at radius 2 is 1.93 bits per heavy atom. The van der Waals surface area contributed by atoms with E-state index in [1.807, 2.05) is 16.4 Å². The zero-order valence-corrected chi connectivity index (χ0v) is 15.2. The first-order valence-electron chi connectivity index (χ1n) is 8.79. The summed E-state index contributed by atoms with van der Waals surface area (Å²) in [5.74, 6) is 3.86. The summed E-state index contributed by atoms with van der Waals surface area (Å²) in [4.78, 5) is 39.0. The first-order valence-corrected chi connectivity index (χ1v) is 8.79. The molecule has 8 heteroatoms. The van der Waals surface area contributed by atoms with Gasteiger partial charge in [-0.1, -0.05) is 0 Å². The molecule has 0 bridgehead atoms. The van der Waals surface area contributed by atoms with E-state index in [1.54, 1.807) is 18.2 Å². The molecule has 1 aliphatic heterocycles. The highest BCUT2D eigenvalue weighted by Crippen LogP contribution is 2.22. The lowest BCUT2D eigenvalue weighted by atomic mass is 10.1. The van der Waals surface area contributed by atoms with Crippen LogP contribution in [0.25, 0.3) is 11.0 Å². The Labute approximate surface area is 159 Å². The van der Waals surface area contributed by atoms with E-state index >= 15 is 0 Å². The number of carbonyl (C=O) groups is 1. The van der Waals surface area contributed by atoms with Gasteiger partial charge >= 0.3 is 5.97 Å². The van der Waals surface area contributed by atoms with Crippen LogP contribution in [0.4, 0.5) is 0 Å². The second kappa shape index (κ2) is 7.29. The number of hydrogen-bond donors (Lipinski definition) is 0. The van der Waals surface area contributed by atoms with Crippen LogP contribution in [0.15, 0.2) is 30.3 Å². The number of carbonyl (C=O) groups excluding carboxylic acids is 3. The fourth-order valence-electron chi connectivity index (χ4n) is 3.33. The molecule has 3 heterocycles. The zero-order valence-electron chi connectivity index (χ0n) is 15.2. The molecule has 1 saturated heterocycles. The van der Waals surface area contributed by atoms with Gasteiger partial charge in [0, 0.05) is 6.61 Å². The number of esters is 1. The second-order valence-corrected chi connectivity index (χ2v) is 6.51. The quantitative estimate of drug-likeness (QED) is 0.554. The Hall–Kier alpha value is -3.44. The first kappa shape index (κ1) is 17.9. The van der Waals surface area contributed by atoms with Crippen molar-refractivity contribution in [3.63, 3.8) is 0 Å². The summed E-state index contributed by atoms with van der Waals surface area (Å²) in [6, 6.07) is 8.17. The van der Waals surface area contributed by atoms with Gasteiger partial charge < -0.3 is 18.6 Å². The molecule has 3 aromatic rings. The van der Waals surface area contributed by atoms with Crippen molar-refractivity contribution in [1.29, 1.82) is 0 Å². The topological polar surface area (TPSA) is 92.4 Å². The molecule has 8 nitrogen and oxygen atoms in total. The molecular formula is C20H17N3O5. The standard InChI is InChI=1S/C20H17N3O5/c1-27-20(26)13-2-5-17-18(8-13)23(9-16-6-7-28-16)19(21-17)10-22-14(11-24)3-4-15(22)12-25/h2-5,8,16H,6-7,9-10H2,1H3/t16-/m0/s1. The number of ether oxygens (including phenoxy) is 2. The van der Waals surface area contributed by atoms with E-state index in [0.29, 0.717) is 30.1 Å². The van der Waals surface area contributed by atoms with Crippen LogP contribution in [0.3, 0.4) is 0 Å². The van der Waals surface area contributed by atoms with Gasteiger partial charge in [-0.25, -0.2) is 19.4 Å². The monoisotopic (exact) mass is 379 g/mol. The summed E-state index contributed by atoms with van der Waals surface area (Å²) in [5.41, 5.74) is 1.87. The Kier molecular flexibility index (Phi) is 4.67. The molecule has 0 radical (unpaired) electrons.